The number of rotatable bonds is 4. The number of anilines is 1. The van der Waals surface area contributed by atoms with Crippen molar-refractivity contribution in [1.82, 2.24) is 5.32 Å². The summed E-state index contributed by atoms with van der Waals surface area (Å²) >= 11 is 9.33. The second-order valence-corrected chi connectivity index (χ2v) is 6.60. The molecule has 20 heavy (non-hydrogen) atoms. The Morgan fingerprint density at radius 1 is 1.35 bits per heavy atom. The van der Waals surface area contributed by atoms with Crippen molar-refractivity contribution in [3.63, 3.8) is 0 Å². The smallest absolute Gasteiger partial charge is 0.242 e. The van der Waals surface area contributed by atoms with Crippen molar-refractivity contribution in [2.45, 2.75) is 51.1 Å². The van der Waals surface area contributed by atoms with Gasteiger partial charge in [0.25, 0.3) is 0 Å². The van der Waals surface area contributed by atoms with Gasteiger partial charge in [-0.1, -0.05) is 30.9 Å². The molecule has 2 N–H and O–H groups in total. The first-order valence-electron chi connectivity index (χ1n) is 7.08. The first-order valence-corrected chi connectivity index (χ1v) is 8.25. The van der Waals surface area contributed by atoms with Crippen LogP contribution >= 0.6 is 27.5 Å². The van der Waals surface area contributed by atoms with Crippen LogP contribution in [0.4, 0.5) is 5.69 Å². The van der Waals surface area contributed by atoms with Gasteiger partial charge in [-0.25, -0.2) is 0 Å². The van der Waals surface area contributed by atoms with Gasteiger partial charge in [-0.2, -0.15) is 0 Å². The Morgan fingerprint density at radius 2 is 2.05 bits per heavy atom. The van der Waals surface area contributed by atoms with E-state index in [0.29, 0.717) is 11.1 Å². The van der Waals surface area contributed by atoms with Gasteiger partial charge in [0, 0.05) is 16.2 Å². The Bertz CT molecular complexity index is 475. The van der Waals surface area contributed by atoms with Gasteiger partial charge in [0.05, 0.1) is 5.02 Å². The van der Waals surface area contributed by atoms with Gasteiger partial charge in [-0.05, 0) is 53.9 Å². The van der Waals surface area contributed by atoms with E-state index in [2.05, 4.69) is 26.6 Å². The van der Waals surface area contributed by atoms with E-state index < -0.39 is 0 Å². The molecule has 0 spiro atoms. The minimum absolute atomic E-state index is 0.0583. The molecule has 0 radical (unpaired) electrons. The number of carbonyl (C=O) groups is 1. The van der Waals surface area contributed by atoms with Gasteiger partial charge in [0.15, 0.2) is 0 Å². The van der Waals surface area contributed by atoms with Gasteiger partial charge in [0.1, 0.15) is 6.04 Å². The maximum absolute atomic E-state index is 12.2. The highest BCUT2D eigenvalue weighted by molar-refractivity contribution is 9.10. The number of carbonyl (C=O) groups excluding carboxylic acids is 1. The van der Waals surface area contributed by atoms with E-state index in [1.807, 2.05) is 19.1 Å². The van der Waals surface area contributed by atoms with Crippen LogP contribution in [0.15, 0.2) is 22.7 Å². The summed E-state index contributed by atoms with van der Waals surface area (Å²) in [5.41, 5.74) is 0.882. The molecule has 110 valence electrons. The standard InChI is InChI=1S/C15H20BrClN2O/c1-10(15(20)19-11-5-3-2-4-6-11)18-12-7-8-14(17)13(16)9-12/h7-11,18H,2-6H2,1H3,(H,19,20). The van der Waals surface area contributed by atoms with Crippen LogP contribution < -0.4 is 10.6 Å². The van der Waals surface area contributed by atoms with Crippen molar-refractivity contribution >= 4 is 39.1 Å². The highest BCUT2D eigenvalue weighted by atomic mass is 79.9. The average molecular weight is 360 g/mol. The van der Waals surface area contributed by atoms with E-state index in [4.69, 9.17) is 11.6 Å². The Kier molecular flexibility index (Phi) is 5.73. The third-order valence-corrected chi connectivity index (χ3v) is 4.86. The van der Waals surface area contributed by atoms with Gasteiger partial charge in [-0.3, -0.25) is 4.79 Å². The van der Waals surface area contributed by atoms with Crippen LogP contribution in [0.1, 0.15) is 39.0 Å². The predicted octanol–water partition coefficient (Wildman–Crippen LogP) is 4.35. The van der Waals surface area contributed by atoms with Gasteiger partial charge < -0.3 is 10.6 Å². The van der Waals surface area contributed by atoms with E-state index in [9.17, 15) is 4.79 Å². The fraction of sp³-hybridized carbons (Fsp3) is 0.533. The molecule has 1 amide bonds. The quantitative estimate of drug-likeness (QED) is 0.839. The Hall–Kier alpha value is -0.740. The molecule has 1 aromatic rings. The SMILES string of the molecule is CC(Nc1ccc(Cl)c(Br)c1)C(=O)NC1CCCCC1. The first kappa shape index (κ1) is 15.6. The van der Waals surface area contributed by atoms with E-state index in [-0.39, 0.29) is 11.9 Å². The summed E-state index contributed by atoms with van der Waals surface area (Å²) in [6, 6.07) is 5.65. The summed E-state index contributed by atoms with van der Waals surface area (Å²) < 4.78 is 0.823. The number of hydrogen-bond donors (Lipinski definition) is 2. The lowest BCUT2D eigenvalue weighted by atomic mass is 9.95. The minimum atomic E-state index is -0.259. The largest absolute Gasteiger partial charge is 0.374 e. The molecule has 1 aliphatic rings. The predicted molar refractivity (Wildman–Crippen MR) is 87.3 cm³/mol. The molecule has 1 fully saturated rings. The summed E-state index contributed by atoms with van der Waals surface area (Å²) in [6.07, 6.45) is 5.93. The lowest BCUT2D eigenvalue weighted by Crippen LogP contribution is -2.44. The zero-order valence-corrected chi connectivity index (χ0v) is 13.9. The van der Waals surface area contributed by atoms with Crippen molar-refractivity contribution < 1.29 is 4.79 Å². The van der Waals surface area contributed by atoms with Crippen LogP contribution in [-0.4, -0.2) is 18.0 Å². The van der Waals surface area contributed by atoms with Crippen molar-refractivity contribution in [3.05, 3.63) is 27.7 Å². The lowest BCUT2D eigenvalue weighted by molar-refractivity contribution is -0.122. The van der Waals surface area contributed by atoms with Crippen molar-refractivity contribution in [1.29, 1.82) is 0 Å². The third-order valence-electron chi connectivity index (χ3n) is 3.65. The number of benzene rings is 1. The maximum Gasteiger partial charge on any atom is 0.242 e. The second-order valence-electron chi connectivity index (χ2n) is 5.34. The first-order chi connectivity index (χ1) is 9.56. The van der Waals surface area contributed by atoms with Crippen molar-refractivity contribution in [2.24, 2.45) is 0 Å². The third kappa shape index (κ3) is 4.38. The Labute approximate surface area is 133 Å². The molecule has 0 aliphatic heterocycles. The van der Waals surface area contributed by atoms with E-state index in [1.54, 1.807) is 6.07 Å². The molecular weight excluding hydrogens is 340 g/mol. The lowest BCUT2D eigenvalue weighted by Gasteiger charge is -2.25. The number of amides is 1. The molecule has 0 heterocycles. The summed E-state index contributed by atoms with van der Waals surface area (Å²) in [4.78, 5) is 12.2. The van der Waals surface area contributed by atoms with E-state index in [0.717, 1.165) is 23.0 Å². The molecule has 1 aliphatic carbocycles. The number of halogens is 2. The molecule has 0 aromatic heterocycles. The molecule has 1 unspecified atom stereocenters. The molecule has 0 bridgehead atoms. The van der Waals surface area contributed by atoms with E-state index >= 15 is 0 Å². The highest BCUT2D eigenvalue weighted by Crippen LogP contribution is 2.26. The van der Waals surface area contributed by atoms with Gasteiger partial charge in [0.2, 0.25) is 5.91 Å². The zero-order valence-electron chi connectivity index (χ0n) is 11.6. The fourth-order valence-electron chi connectivity index (χ4n) is 2.47. The van der Waals surface area contributed by atoms with Crippen LogP contribution in [0.2, 0.25) is 5.02 Å². The van der Waals surface area contributed by atoms with Gasteiger partial charge >= 0.3 is 0 Å². The monoisotopic (exact) mass is 358 g/mol. The van der Waals surface area contributed by atoms with Crippen LogP contribution in [-0.2, 0) is 4.79 Å². The van der Waals surface area contributed by atoms with Crippen LogP contribution in [0, 0.1) is 0 Å². The number of nitrogens with one attached hydrogen (secondary N) is 2. The fourth-order valence-corrected chi connectivity index (χ4v) is 2.97. The average Bonchev–Trinajstić information content (AvgIpc) is 2.44. The summed E-state index contributed by atoms with van der Waals surface area (Å²) in [5.74, 6) is 0.0583. The molecule has 0 saturated heterocycles. The van der Waals surface area contributed by atoms with Gasteiger partial charge in [-0.15, -0.1) is 0 Å². The maximum atomic E-state index is 12.2. The van der Waals surface area contributed by atoms with Crippen molar-refractivity contribution in [2.75, 3.05) is 5.32 Å². The zero-order chi connectivity index (χ0) is 14.5. The molecule has 1 aromatic carbocycles. The molecule has 5 heteroatoms. The molecule has 3 nitrogen and oxygen atoms in total. The molecule has 2 rings (SSSR count). The Morgan fingerprint density at radius 3 is 2.70 bits per heavy atom. The minimum Gasteiger partial charge on any atom is -0.374 e. The number of hydrogen-bond acceptors (Lipinski definition) is 2. The van der Waals surface area contributed by atoms with Crippen molar-refractivity contribution in [3.8, 4) is 0 Å². The van der Waals surface area contributed by atoms with E-state index in [1.165, 1.54) is 19.3 Å². The summed E-state index contributed by atoms with van der Waals surface area (Å²) in [5, 5.41) is 6.99. The van der Waals surface area contributed by atoms with Crippen LogP contribution in [0.3, 0.4) is 0 Å². The van der Waals surface area contributed by atoms with Crippen LogP contribution in [0.25, 0.3) is 0 Å². The second kappa shape index (κ2) is 7.32. The summed E-state index contributed by atoms with van der Waals surface area (Å²) in [7, 11) is 0. The molecule has 1 saturated carbocycles. The highest BCUT2D eigenvalue weighted by Gasteiger charge is 2.19. The van der Waals surface area contributed by atoms with Crippen LogP contribution in [0.5, 0.6) is 0 Å². The normalized spacial score (nSPS) is 17.6. The summed E-state index contributed by atoms with van der Waals surface area (Å²) in [6.45, 7) is 1.88. The molecule has 1 atom stereocenters. The molecular formula is C15H20BrClN2O. The Balaban J connectivity index is 1.88. The topological polar surface area (TPSA) is 41.1 Å².